The van der Waals surface area contributed by atoms with Crippen LogP contribution in [0.25, 0.3) is 0 Å². The molecule has 1 saturated heterocycles. The Morgan fingerprint density at radius 2 is 2.18 bits per heavy atom. The molecular formula is C11H23ClN2OS2. The van der Waals surface area contributed by atoms with Crippen molar-refractivity contribution in [3.05, 3.63) is 0 Å². The van der Waals surface area contributed by atoms with Crippen LogP contribution in [0.4, 0.5) is 0 Å². The summed E-state index contributed by atoms with van der Waals surface area (Å²) in [5, 5.41) is 3.58. The lowest BCUT2D eigenvalue weighted by molar-refractivity contribution is -0.124. The molecule has 1 fully saturated rings. The molecule has 0 spiro atoms. The molecule has 1 aliphatic heterocycles. The number of unbranched alkanes of at least 4 members (excludes halogenated alkanes) is 2. The lowest BCUT2D eigenvalue weighted by Gasteiger charge is -2.10. The number of carbonyl (C=O) groups excluding carboxylic acids is 1. The Kier molecular flexibility index (Phi) is 10.6. The van der Waals surface area contributed by atoms with Crippen LogP contribution in [-0.4, -0.2) is 35.8 Å². The number of rotatable bonds is 7. The van der Waals surface area contributed by atoms with E-state index in [2.05, 4.69) is 17.9 Å². The molecule has 102 valence electrons. The zero-order chi connectivity index (χ0) is 11.8. The summed E-state index contributed by atoms with van der Waals surface area (Å²) in [5.74, 6) is 2.27. The monoisotopic (exact) mass is 298 g/mol. The number of amides is 1. The van der Waals surface area contributed by atoms with Crippen molar-refractivity contribution in [3.63, 3.8) is 0 Å². The number of hydrogen-bond donors (Lipinski definition) is 3. The van der Waals surface area contributed by atoms with Crippen LogP contribution in [0.15, 0.2) is 0 Å². The van der Waals surface area contributed by atoms with Crippen molar-refractivity contribution in [1.29, 1.82) is 0 Å². The van der Waals surface area contributed by atoms with E-state index >= 15 is 0 Å². The molecule has 6 heteroatoms. The van der Waals surface area contributed by atoms with Gasteiger partial charge in [0.15, 0.2) is 0 Å². The molecule has 3 nitrogen and oxygen atoms in total. The Hall–Kier alpha value is 0.420. The van der Waals surface area contributed by atoms with E-state index in [1.165, 1.54) is 0 Å². The molecule has 1 heterocycles. The fourth-order valence-electron chi connectivity index (χ4n) is 1.82. The minimum absolute atomic E-state index is 0. The van der Waals surface area contributed by atoms with E-state index in [0.717, 1.165) is 50.3 Å². The summed E-state index contributed by atoms with van der Waals surface area (Å²) in [7, 11) is 0. The maximum atomic E-state index is 11.8. The summed E-state index contributed by atoms with van der Waals surface area (Å²) in [6, 6.07) is 0. The van der Waals surface area contributed by atoms with Gasteiger partial charge in [0.25, 0.3) is 0 Å². The summed E-state index contributed by atoms with van der Waals surface area (Å²) in [6.45, 7) is 1.54. The molecule has 17 heavy (non-hydrogen) atoms. The smallest absolute Gasteiger partial charge is 0.223 e. The number of nitrogens with two attached hydrogens (primary N) is 1. The zero-order valence-corrected chi connectivity index (χ0v) is 12.6. The van der Waals surface area contributed by atoms with E-state index in [1.54, 1.807) is 0 Å². The second-order valence-corrected chi connectivity index (χ2v) is 5.91. The third-order valence-electron chi connectivity index (χ3n) is 2.84. The Balaban J connectivity index is 0.00000256. The summed E-state index contributed by atoms with van der Waals surface area (Å²) in [5.41, 5.74) is 5.40. The van der Waals surface area contributed by atoms with Crippen LogP contribution in [0.1, 0.15) is 25.7 Å². The number of thiol groups is 1. The molecular weight excluding hydrogens is 276 g/mol. The normalized spacial score (nSPS) is 23.2. The van der Waals surface area contributed by atoms with Gasteiger partial charge in [-0.05, 0) is 25.8 Å². The summed E-state index contributed by atoms with van der Waals surface area (Å²) >= 11 is 6.14. The molecule has 0 aromatic rings. The van der Waals surface area contributed by atoms with Gasteiger partial charge in [0.1, 0.15) is 0 Å². The highest BCUT2D eigenvalue weighted by Gasteiger charge is 2.29. The van der Waals surface area contributed by atoms with E-state index in [4.69, 9.17) is 5.73 Å². The third-order valence-corrected chi connectivity index (χ3v) is 4.95. The molecule has 1 rings (SSSR count). The van der Waals surface area contributed by atoms with Crippen molar-refractivity contribution in [2.45, 2.75) is 30.9 Å². The third kappa shape index (κ3) is 6.79. The van der Waals surface area contributed by atoms with E-state index in [1.807, 2.05) is 11.8 Å². The Bertz CT molecular complexity index is 220. The van der Waals surface area contributed by atoms with Gasteiger partial charge >= 0.3 is 0 Å². The van der Waals surface area contributed by atoms with Crippen LogP contribution >= 0.6 is 36.8 Å². The standard InChI is InChI=1S/C11H22N2OS2.ClH/c12-4-2-1-3-5-13-11(14)9-6-10(7-15)16-8-9;/h9-10,15H,1-8,12H2,(H,13,14);1H/t9-,10+;/m0./s1. The van der Waals surface area contributed by atoms with Gasteiger partial charge in [-0.2, -0.15) is 24.4 Å². The summed E-state index contributed by atoms with van der Waals surface area (Å²) in [6.07, 6.45) is 4.19. The Morgan fingerprint density at radius 1 is 1.41 bits per heavy atom. The van der Waals surface area contributed by atoms with Crippen molar-refractivity contribution in [2.75, 3.05) is 24.6 Å². The van der Waals surface area contributed by atoms with E-state index in [0.29, 0.717) is 5.25 Å². The first-order valence-electron chi connectivity index (χ1n) is 5.98. The Labute approximate surface area is 120 Å². The van der Waals surface area contributed by atoms with E-state index in [-0.39, 0.29) is 24.2 Å². The van der Waals surface area contributed by atoms with Crippen molar-refractivity contribution in [1.82, 2.24) is 5.32 Å². The predicted molar refractivity (Wildman–Crippen MR) is 81.4 cm³/mol. The van der Waals surface area contributed by atoms with Crippen molar-refractivity contribution in [2.24, 2.45) is 11.7 Å². The summed E-state index contributed by atoms with van der Waals surface area (Å²) in [4.78, 5) is 11.8. The van der Waals surface area contributed by atoms with Gasteiger partial charge in [0.05, 0.1) is 0 Å². The maximum absolute atomic E-state index is 11.8. The average Bonchev–Trinajstić information content (AvgIpc) is 2.77. The van der Waals surface area contributed by atoms with Gasteiger partial charge in [-0.3, -0.25) is 4.79 Å². The molecule has 0 aromatic carbocycles. The van der Waals surface area contributed by atoms with E-state index in [9.17, 15) is 4.79 Å². The molecule has 1 amide bonds. The van der Waals surface area contributed by atoms with Crippen LogP contribution in [-0.2, 0) is 4.79 Å². The second kappa shape index (κ2) is 10.4. The lowest BCUT2D eigenvalue weighted by atomic mass is 10.1. The van der Waals surface area contributed by atoms with Crippen LogP contribution in [0, 0.1) is 5.92 Å². The van der Waals surface area contributed by atoms with Crippen LogP contribution in [0.5, 0.6) is 0 Å². The van der Waals surface area contributed by atoms with Gasteiger partial charge in [0.2, 0.25) is 5.91 Å². The average molecular weight is 299 g/mol. The molecule has 0 aliphatic carbocycles. The van der Waals surface area contributed by atoms with Gasteiger partial charge in [0, 0.05) is 29.2 Å². The van der Waals surface area contributed by atoms with Crippen molar-refractivity contribution < 1.29 is 4.79 Å². The Morgan fingerprint density at radius 3 is 2.76 bits per heavy atom. The minimum atomic E-state index is 0. The highest BCUT2D eigenvalue weighted by atomic mass is 35.5. The van der Waals surface area contributed by atoms with Crippen LogP contribution < -0.4 is 11.1 Å². The number of carbonyl (C=O) groups is 1. The molecule has 2 atom stereocenters. The molecule has 1 aliphatic rings. The van der Waals surface area contributed by atoms with E-state index < -0.39 is 0 Å². The molecule has 0 unspecified atom stereocenters. The van der Waals surface area contributed by atoms with Gasteiger partial charge < -0.3 is 11.1 Å². The highest BCUT2D eigenvalue weighted by Crippen LogP contribution is 2.31. The number of halogens is 1. The van der Waals surface area contributed by atoms with Gasteiger partial charge in [-0.15, -0.1) is 12.4 Å². The first kappa shape index (κ1) is 17.4. The van der Waals surface area contributed by atoms with Gasteiger partial charge in [-0.1, -0.05) is 6.42 Å². The van der Waals surface area contributed by atoms with Crippen molar-refractivity contribution in [3.8, 4) is 0 Å². The van der Waals surface area contributed by atoms with Crippen molar-refractivity contribution >= 4 is 42.7 Å². The minimum Gasteiger partial charge on any atom is -0.356 e. The first-order valence-corrected chi connectivity index (χ1v) is 7.66. The molecule has 0 radical (unpaired) electrons. The molecule has 0 bridgehead atoms. The molecule has 3 N–H and O–H groups in total. The SMILES string of the molecule is Cl.NCCCCCNC(=O)[C@@H]1CS[C@@H](CS)C1. The topological polar surface area (TPSA) is 55.1 Å². The number of nitrogens with one attached hydrogen (secondary N) is 1. The first-order chi connectivity index (χ1) is 7.77. The second-order valence-electron chi connectivity index (χ2n) is 4.21. The predicted octanol–water partition coefficient (Wildman–Crippen LogP) is 1.70. The summed E-state index contributed by atoms with van der Waals surface area (Å²) < 4.78 is 0. The maximum Gasteiger partial charge on any atom is 0.223 e. The largest absolute Gasteiger partial charge is 0.356 e. The highest BCUT2D eigenvalue weighted by molar-refractivity contribution is 8.00. The van der Waals surface area contributed by atoms with Crippen LogP contribution in [0.3, 0.4) is 0 Å². The fraction of sp³-hybridized carbons (Fsp3) is 0.909. The molecule has 0 aromatic heterocycles. The van der Waals surface area contributed by atoms with Crippen LogP contribution in [0.2, 0.25) is 0 Å². The number of hydrogen-bond acceptors (Lipinski definition) is 4. The fourth-order valence-corrected chi connectivity index (χ4v) is 3.55. The zero-order valence-electron chi connectivity index (χ0n) is 10.1. The van der Waals surface area contributed by atoms with Gasteiger partial charge in [-0.25, -0.2) is 0 Å². The molecule has 0 saturated carbocycles. The quantitative estimate of drug-likeness (QED) is 0.495. The number of thioether (sulfide) groups is 1. The lowest BCUT2D eigenvalue weighted by Crippen LogP contribution is -2.31.